The molecule has 0 aliphatic rings. The van der Waals surface area contributed by atoms with Gasteiger partial charge in [-0.05, 0) is 41.5 Å². The summed E-state index contributed by atoms with van der Waals surface area (Å²) in [5.41, 5.74) is 0.00538. The fourth-order valence-corrected chi connectivity index (χ4v) is 0.904. The lowest BCUT2D eigenvalue weighted by molar-refractivity contribution is -0.722. The van der Waals surface area contributed by atoms with E-state index in [4.69, 9.17) is 4.74 Å². The number of hydrogen-bond donors (Lipinski definition) is 2. The Kier molecular flexibility index (Phi) is 5.06. The van der Waals surface area contributed by atoms with E-state index < -0.39 is 0 Å². The summed E-state index contributed by atoms with van der Waals surface area (Å²) >= 11 is 0. The number of ether oxygens (including phenoxy) is 1. The first kappa shape index (κ1) is 13.9. The Bertz CT molecular complexity index is 138. The third kappa shape index (κ3) is 9.96. The van der Waals surface area contributed by atoms with Crippen molar-refractivity contribution in [2.75, 3.05) is 13.2 Å². The lowest BCUT2D eigenvalue weighted by Crippen LogP contribution is -2.96. The number of hydrogen-bond acceptors (Lipinski definition) is 2. The molecule has 0 aromatic heterocycles. The Labute approximate surface area is 87.8 Å². The van der Waals surface area contributed by atoms with Gasteiger partial charge in [0.1, 0.15) is 12.6 Å². The van der Waals surface area contributed by atoms with Gasteiger partial charge in [-0.1, -0.05) is 0 Å². The normalized spacial score (nSPS) is 15.6. The molecule has 0 aliphatic carbocycles. The lowest BCUT2D eigenvalue weighted by Gasteiger charge is -2.23. The molecule has 0 unspecified atom stereocenters. The summed E-state index contributed by atoms with van der Waals surface area (Å²) in [6.07, 6.45) is -0.381. The zero-order valence-corrected chi connectivity index (χ0v) is 10.4. The van der Waals surface area contributed by atoms with Gasteiger partial charge < -0.3 is 15.2 Å². The molecule has 3 heteroatoms. The van der Waals surface area contributed by atoms with Gasteiger partial charge in [0.15, 0.2) is 0 Å². The molecule has 0 rings (SSSR count). The molecule has 0 fully saturated rings. The molecule has 0 bridgehead atoms. The fraction of sp³-hybridized carbons (Fsp3) is 1.00. The zero-order chi connectivity index (χ0) is 11.4. The van der Waals surface area contributed by atoms with E-state index in [9.17, 15) is 5.11 Å². The highest BCUT2D eigenvalue weighted by atomic mass is 16.5. The topological polar surface area (TPSA) is 46.1 Å². The van der Waals surface area contributed by atoms with Gasteiger partial charge in [-0.2, -0.15) is 0 Å². The van der Waals surface area contributed by atoms with Crippen LogP contribution in [0.1, 0.15) is 41.5 Å². The largest absolute Gasteiger partial charge is 0.385 e. The number of rotatable bonds is 4. The van der Waals surface area contributed by atoms with Crippen molar-refractivity contribution in [1.29, 1.82) is 0 Å². The number of nitrogens with two attached hydrogens (primary N) is 1. The number of aliphatic hydroxyl groups excluding tert-OH is 1. The van der Waals surface area contributed by atoms with Crippen LogP contribution in [0, 0.1) is 0 Å². The van der Waals surface area contributed by atoms with Gasteiger partial charge in [0.2, 0.25) is 0 Å². The SMILES string of the molecule is CC(C)(C)[NH2+]C[C@H](O)COC(C)(C)C. The Morgan fingerprint density at radius 1 is 1.14 bits per heavy atom. The summed E-state index contributed by atoms with van der Waals surface area (Å²) in [6, 6.07) is 0. The fourth-order valence-electron chi connectivity index (χ4n) is 0.904. The van der Waals surface area contributed by atoms with Crippen molar-refractivity contribution >= 4 is 0 Å². The minimum absolute atomic E-state index is 0.164. The maximum atomic E-state index is 9.62. The molecule has 86 valence electrons. The van der Waals surface area contributed by atoms with Crippen LogP contribution in [-0.4, -0.2) is 35.5 Å². The molecule has 0 aromatic carbocycles. The van der Waals surface area contributed by atoms with Gasteiger partial charge in [-0.15, -0.1) is 0 Å². The highest BCUT2D eigenvalue weighted by Gasteiger charge is 2.18. The van der Waals surface area contributed by atoms with Gasteiger partial charge in [0.05, 0.1) is 17.7 Å². The van der Waals surface area contributed by atoms with Crippen molar-refractivity contribution in [3.05, 3.63) is 0 Å². The number of aliphatic hydroxyl groups is 1. The Hall–Kier alpha value is -0.120. The minimum Gasteiger partial charge on any atom is -0.385 e. The van der Waals surface area contributed by atoms with E-state index in [2.05, 4.69) is 26.1 Å². The molecule has 0 spiro atoms. The molecular formula is C11H26NO2+. The minimum atomic E-state index is -0.381. The summed E-state index contributed by atoms with van der Waals surface area (Å²) < 4.78 is 5.49. The van der Waals surface area contributed by atoms with Gasteiger partial charge >= 0.3 is 0 Å². The summed E-state index contributed by atoms with van der Waals surface area (Å²) in [5.74, 6) is 0. The van der Waals surface area contributed by atoms with Crippen LogP contribution in [0.25, 0.3) is 0 Å². The molecule has 0 amide bonds. The zero-order valence-electron chi connectivity index (χ0n) is 10.4. The third-order valence-corrected chi connectivity index (χ3v) is 1.71. The summed E-state index contributed by atoms with van der Waals surface area (Å²) in [6.45, 7) is 13.5. The second-order valence-electron chi connectivity index (χ2n) is 5.88. The molecule has 0 saturated heterocycles. The monoisotopic (exact) mass is 204 g/mol. The van der Waals surface area contributed by atoms with E-state index >= 15 is 0 Å². The van der Waals surface area contributed by atoms with Crippen LogP contribution in [0.2, 0.25) is 0 Å². The van der Waals surface area contributed by atoms with Crippen molar-refractivity contribution in [1.82, 2.24) is 0 Å². The van der Waals surface area contributed by atoms with Crippen molar-refractivity contribution in [3.8, 4) is 0 Å². The Morgan fingerprint density at radius 3 is 2.00 bits per heavy atom. The first-order chi connectivity index (χ1) is 6.10. The molecule has 0 aliphatic heterocycles. The van der Waals surface area contributed by atoms with E-state index in [1.165, 1.54) is 0 Å². The molecule has 1 atom stereocenters. The van der Waals surface area contributed by atoms with Crippen molar-refractivity contribution in [2.24, 2.45) is 0 Å². The van der Waals surface area contributed by atoms with Gasteiger partial charge in [-0.25, -0.2) is 0 Å². The van der Waals surface area contributed by atoms with Crippen molar-refractivity contribution in [2.45, 2.75) is 58.8 Å². The second kappa shape index (κ2) is 5.10. The van der Waals surface area contributed by atoms with E-state index in [0.717, 1.165) is 0 Å². The first-order valence-electron chi connectivity index (χ1n) is 5.26. The van der Waals surface area contributed by atoms with Crippen LogP contribution in [0.5, 0.6) is 0 Å². The summed E-state index contributed by atoms with van der Waals surface area (Å²) in [5, 5.41) is 11.7. The van der Waals surface area contributed by atoms with E-state index in [1.807, 2.05) is 20.8 Å². The van der Waals surface area contributed by atoms with Crippen molar-refractivity contribution in [3.63, 3.8) is 0 Å². The molecule has 3 N–H and O–H groups in total. The molecule has 14 heavy (non-hydrogen) atoms. The Morgan fingerprint density at radius 2 is 1.64 bits per heavy atom. The Balaban J connectivity index is 3.62. The lowest BCUT2D eigenvalue weighted by atomic mass is 10.1. The second-order valence-corrected chi connectivity index (χ2v) is 5.88. The maximum absolute atomic E-state index is 9.62. The van der Waals surface area contributed by atoms with Gasteiger partial charge in [0, 0.05) is 0 Å². The van der Waals surface area contributed by atoms with Crippen molar-refractivity contribution < 1.29 is 15.2 Å². The van der Waals surface area contributed by atoms with E-state index in [0.29, 0.717) is 13.2 Å². The molecule has 0 saturated carbocycles. The van der Waals surface area contributed by atoms with Crippen LogP contribution in [0.15, 0.2) is 0 Å². The summed E-state index contributed by atoms with van der Waals surface area (Å²) in [7, 11) is 0. The van der Waals surface area contributed by atoms with E-state index in [1.54, 1.807) is 0 Å². The van der Waals surface area contributed by atoms with Gasteiger partial charge in [0.25, 0.3) is 0 Å². The predicted octanol–water partition coefficient (Wildman–Crippen LogP) is 0.524. The molecule has 3 nitrogen and oxygen atoms in total. The summed E-state index contributed by atoms with van der Waals surface area (Å²) in [4.78, 5) is 0. The molecule has 0 heterocycles. The molecular weight excluding hydrogens is 178 g/mol. The predicted molar refractivity (Wildman–Crippen MR) is 58.3 cm³/mol. The third-order valence-electron chi connectivity index (χ3n) is 1.71. The van der Waals surface area contributed by atoms with Crippen LogP contribution in [0.3, 0.4) is 0 Å². The highest BCUT2D eigenvalue weighted by molar-refractivity contribution is 4.62. The smallest absolute Gasteiger partial charge is 0.126 e. The molecule has 0 aromatic rings. The van der Waals surface area contributed by atoms with Crippen LogP contribution in [0.4, 0.5) is 0 Å². The molecule has 0 radical (unpaired) electrons. The standard InChI is InChI=1S/C11H25NO2/c1-10(2,3)12-7-9(13)8-14-11(4,5)6/h9,12-13H,7-8H2,1-6H3/p+1/t9-/m0/s1. The van der Waals surface area contributed by atoms with Crippen LogP contribution in [-0.2, 0) is 4.74 Å². The maximum Gasteiger partial charge on any atom is 0.126 e. The van der Waals surface area contributed by atoms with Crippen LogP contribution >= 0.6 is 0 Å². The average molecular weight is 204 g/mol. The highest BCUT2D eigenvalue weighted by Crippen LogP contribution is 2.06. The average Bonchev–Trinajstić information content (AvgIpc) is 1.94. The quantitative estimate of drug-likeness (QED) is 0.701. The van der Waals surface area contributed by atoms with Gasteiger partial charge in [-0.3, -0.25) is 0 Å². The van der Waals surface area contributed by atoms with Crippen LogP contribution < -0.4 is 5.32 Å². The number of quaternary nitrogens is 1. The van der Waals surface area contributed by atoms with E-state index in [-0.39, 0.29) is 17.2 Å². The first-order valence-corrected chi connectivity index (χ1v) is 5.26.